The van der Waals surface area contributed by atoms with Gasteiger partial charge in [0.25, 0.3) is 0 Å². The van der Waals surface area contributed by atoms with Gasteiger partial charge in [0, 0.05) is 16.0 Å². The molecule has 0 spiro atoms. The number of hydrogen-bond donors (Lipinski definition) is 0. The fourth-order valence-corrected chi connectivity index (χ4v) is 5.93. The lowest BCUT2D eigenvalue weighted by Gasteiger charge is -2.38. The Balaban J connectivity index is 1.56. The van der Waals surface area contributed by atoms with E-state index in [0.717, 1.165) is 26.7 Å². The van der Waals surface area contributed by atoms with E-state index in [0.29, 0.717) is 11.4 Å². The number of imide groups is 1. The maximum atomic E-state index is 13.9. The molecule has 0 bridgehead atoms. The van der Waals surface area contributed by atoms with Gasteiger partial charge in [0.1, 0.15) is 5.75 Å². The minimum Gasteiger partial charge on any atom is -0.425 e. The summed E-state index contributed by atoms with van der Waals surface area (Å²) in [5.74, 6) is -3.33. The number of halogens is 1. The number of hydrogen-bond acceptors (Lipinski definition) is 4. The molecule has 6 rings (SSSR count). The molecule has 3 aromatic rings. The average molecular weight is 514 g/mol. The summed E-state index contributed by atoms with van der Waals surface area (Å²) in [6, 6.07) is 22.6. The molecule has 5 nitrogen and oxygen atoms in total. The Hall–Kier alpha value is -3.51. The standard InChI is InChI=1S/C28H20BrNO4/c1-15-10-11-19-21-14-20(16-6-3-2-4-7-16)23-25(24(21)28(33)34-22(19)12-15)27(32)30(26(23)31)18-9-5-8-17(29)13-18/h2-14,20,23-25H,1H3/t20-,23-,24-,25+/m1/s1. The first-order chi connectivity index (χ1) is 16.4. The fraction of sp³-hybridized carbons (Fsp3) is 0.179. The van der Waals surface area contributed by atoms with Crippen molar-refractivity contribution >= 4 is 45.0 Å². The lowest BCUT2D eigenvalue weighted by Crippen LogP contribution is -2.42. The van der Waals surface area contributed by atoms with Crippen LogP contribution in [0.2, 0.25) is 0 Å². The number of benzene rings is 3. The molecule has 0 aromatic heterocycles. The molecule has 3 aromatic carbocycles. The van der Waals surface area contributed by atoms with E-state index < -0.39 is 23.7 Å². The van der Waals surface area contributed by atoms with E-state index in [1.165, 1.54) is 4.90 Å². The summed E-state index contributed by atoms with van der Waals surface area (Å²) in [6.07, 6.45) is 2.01. The molecule has 0 saturated carbocycles. The molecular weight excluding hydrogens is 494 g/mol. The van der Waals surface area contributed by atoms with Gasteiger partial charge in [0.2, 0.25) is 11.8 Å². The van der Waals surface area contributed by atoms with Crippen LogP contribution in [-0.2, 0) is 14.4 Å². The molecule has 0 unspecified atom stereocenters. The van der Waals surface area contributed by atoms with Crippen molar-refractivity contribution in [3.05, 3.63) is 100 Å². The normalized spacial score (nSPS) is 25.3. The largest absolute Gasteiger partial charge is 0.425 e. The highest BCUT2D eigenvalue weighted by molar-refractivity contribution is 9.10. The first-order valence-electron chi connectivity index (χ1n) is 11.2. The van der Waals surface area contributed by atoms with Gasteiger partial charge >= 0.3 is 5.97 Å². The van der Waals surface area contributed by atoms with E-state index in [4.69, 9.17) is 4.74 Å². The summed E-state index contributed by atoms with van der Waals surface area (Å²) in [4.78, 5) is 42.2. The minimum absolute atomic E-state index is 0.292. The lowest BCUT2D eigenvalue weighted by molar-refractivity contribution is -0.142. The molecule has 2 heterocycles. The highest BCUT2D eigenvalue weighted by Gasteiger charge is 2.60. The van der Waals surface area contributed by atoms with E-state index in [-0.39, 0.29) is 17.7 Å². The molecule has 2 aliphatic heterocycles. The maximum absolute atomic E-state index is 13.9. The van der Waals surface area contributed by atoms with Crippen molar-refractivity contribution in [3.8, 4) is 5.75 Å². The Morgan fingerprint density at radius 2 is 1.62 bits per heavy atom. The van der Waals surface area contributed by atoms with Gasteiger partial charge in [-0.2, -0.15) is 0 Å². The van der Waals surface area contributed by atoms with Crippen LogP contribution in [-0.4, -0.2) is 17.8 Å². The Bertz CT molecular complexity index is 1400. The molecule has 3 aliphatic rings. The van der Waals surface area contributed by atoms with Crippen LogP contribution < -0.4 is 9.64 Å². The Kier molecular flexibility index (Phi) is 4.81. The second-order valence-corrected chi connectivity index (χ2v) is 9.92. The SMILES string of the molecule is Cc1ccc2c(c1)OC(=O)[C@@H]1C2=C[C@H](c2ccccc2)[C@H]2C(=O)N(c3cccc(Br)c3)C(=O)[C@H]12. The number of amides is 2. The summed E-state index contributed by atoms with van der Waals surface area (Å²) < 4.78 is 6.47. The monoisotopic (exact) mass is 513 g/mol. The number of ether oxygens (including phenoxy) is 1. The van der Waals surface area contributed by atoms with Crippen molar-refractivity contribution in [3.63, 3.8) is 0 Å². The molecule has 1 aliphatic carbocycles. The molecule has 4 atom stereocenters. The number of esters is 1. The zero-order valence-corrected chi connectivity index (χ0v) is 19.9. The van der Waals surface area contributed by atoms with Crippen LogP contribution in [0, 0.1) is 24.7 Å². The first-order valence-corrected chi connectivity index (χ1v) is 12.0. The van der Waals surface area contributed by atoms with Crippen molar-refractivity contribution in [2.24, 2.45) is 17.8 Å². The zero-order chi connectivity index (χ0) is 23.6. The van der Waals surface area contributed by atoms with Crippen molar-refractivity contribution in [1.82, 2.24) is 0 Å². The molecule has 2 amide bonds. The second kappa shape index (κ2) is 7.77. The predicted molar refractivity (Wildman–Crippen MR) is 131 cm³/mol. The molecule has 34 heavy (non-hydrogen) atoms. The smallest absolute Gasteiger partial charge is 0.319 e. The third-order valence-corrected chi connectivity index (χ3v) is 7.49. The van der Waals surface area contributed by atoms with E-state index in [2.05, 4.69) is 15.9 Å². The molecule has 0 N–H and O–H groups in total. The predicted octanol–water partition coefficient (Wildman–Crippen LogP) is 5.28. The number of allylic oxidation sites excluding steroid dienone is 1. The third kappa shape index (κ3) is 3.09. The van der Waals surface area contributed by atoms with E-state index >= 15 is 0 Å². The van der Waals surface area contributed by atoms with Gasteiger partial charge in [0.15, 0.2) is 0 Å². The number of carbonyl (C=O) groups is 3. The summed E-state index contributed by atoms with van der Waals surface area (Å²) >= 11 is 3.43. The van der Waals surface area contributed by atoms with Gasteiger partial charge < -0.3 is 4.74 Å². The molecule has 6 heteroatoms. The second-order valence-electron chi connectivity index (χ2n) is 9.00. The van der Waals surface area contributed by atoms with Crippen LogP contribution in [0.15, 0.2) is 83.3 Å². The zero-order valence-electron chi connectivity index (χ0n) is 18.3. The molecule has 0 radical (unpaired) electrons. The highest BCUT2D eigenvalue weighted by atomic mass is 79.9. The van der Waals surface area contributed by atoms with Crippen LogP contribution in [0.4, 0.5) is 5.69 Å². The average Bonchev–Trinajstić information content (AvgIpc) is 3.09. The summed E-state index contributed by atoms with van der Waals surface area (Å²) in [7, 11) is 0. The Morgan fingerprint density at radius 3 is 2.38 bits per heavy atom. The molecular formula is C28H20BrNO4. The van der Waals surface area contributed by atoms with Gasteiger partial charge in [-0.15, -0.1) is 0 Å². The number of carbonyl (C=O) groups excluding carboxylic acids is 3. The van der Waals surface area contributed by atoms with Crippen LogP contribution in [0.5, 0.6) is 5.75 Å². The number of anilines is 1. The van der Waals surface area contributed by atoms with Gasteiger partial charge in [0.05, 0.1) is 23.4 Å². The van der Waals surface area contributed by atoms with Crippen molar-refractivity contribution in [1.29, 1.82) is 0 Å². The minimum atomic E-state index is -0.835. The fourth-order valence-electron chi connectivity index (χ4n) is 5.54. The molecule has 1 fully saturated rings. The maximum Gasteiger partial charge on any atom is 0.319 e. The Labute approximate surface area is 205 Å². The first kappa shape index (κ1) is 21.1. The number of aryl methyl sites for hydroxylation is 1. The van der Waals surface area contributed by atoms with Gasteiger partial charge in [-0.25, -0.2) is 4.90 Å². The number of rotatable bonds is 2. The number of nitrogens with zero attached hydrogens (tertiary/aromatic N) is 1. The van der Waals surface area contributed by atoms with E-state index in [1.54, 1.807) is 18.2 Å². The number of fused-ring (bicyclic) bond motifs is 5. The van der Waals surface area contributed by atoms with Crippen molar-refractivity contribution in [2.75, 3.05) is 4.90 Å². The van der Waals surface area contributed by atoms with Crippen LogP contribution in [0.3, 0.4) is 0 Å². The quantitative estimate of drug-likeness (QED) is 0.265. The van der Waals surface area contributed by atoms with E-state index in [1.807, 2.05) is 67.6 Å². The summed E-state index contributed by atoms with van der Waals surface area (Å²) in [5.41, 5.74) is 3.97. The molecule has 168 valence electrons. The lowest BCUT2D eigenvalue weighted by atomic mass is 9.64. The van der Waals surface area contributed by atoms with Crippen LogP contribution in [0.25, 0.3) is 5.57 Å². The van der Waals surface area contributed by atoms with Gasteiger partial charge in [-0.1, -0.05) is 70.5 Å². The van der Waals surface area contributed by atoms with Crippen LogP contribution >= 0.6 is 15.9 Å². The van der Waals surface area contributed by atoms with Gasteiger partial charge in [-0.05, 0) is 47.9 Å². The summed E-state index contributed by atoms with van der Waals surface area (Å²) in [5, 5.41) is 0. The topological polar surface area (TPSA) is 63.7 Å². The summed E-state index contributed by atoms with van der Waals surface area (Å²) in [6.45, 7) is 1.94. The van der Waals surface area contributed by atoms with Crippen molar-refractivity contribution < 1.29 is 19.1 Å². The Morgan fingerprint density at radius 1 is 0.853 bits per heavy atom. The third-order valence-electron chi connectivity index (χ3n) is 7.00. The van der Waals surface area contributed by atoms with Crippen molar-refractivity contribution in [2.45, 2.75) is 12.8 Å². The molecule has 1 saturated heterocycles. The van der Waals surface area contributed by atoms with Crippen LogP contribution in [0.1, 0.15) is 22.6 Å². The van der Waals surface area contributed by atoms with Gasteiger partial charge in [-0.3, -0.25) is 14.4 Å². The van der Waals surface area contributed by atoms with E-state index in [9.17, 15) is 14.4 Å². The highest BCUT2D eigenvalue weighted by Crippen LogP contribution is 2.54.